The van der Waals surface area contributed by atoms with Crippen LogP contribution < -0.4 is 11.1 Å². The van der Waals surface area contributed by atoms with Crippen LogP contribution in [0.25, 0.3) is 0 Å². The Morgan fingerprint density at radius 1 is 1.52 bits per heavy atom. The molecule has 21 heavy (non-hydrogen) atoms. The molecule has 2 aliphatic heterocycles. The van der Waals surface area contributed by atoms with Gasteiger partial charge in [0.15, 0.2) is 5.13 Å². The Balaban J connectivity index is 1.66. The number of carbonyl (C=O) groups is 1. The van der Waals surface area contributed by atoms with Gasteiger partial charge in [0.2, 0.25) is 0 Å². The van der Waals surface area contributed by atoms with E-state index in [1.807, 2.05) is 4.90 Å². The molecule has 0 spiro atoms. The van der Waals surface area contributed by atoms with Gasteiger partial charge >= 0.3 is 0 Å². The number of thiazole rings is 1. The molecule has 2 aliphatic rings. The lowest BCUT2D eigenvalue weighted by Gasteiger charge is -2.31. The van der Waals surface area contributed by atoms with Crippen molar-refractivity contribution >= 4 is 28.2 Å². The summed E-state index contributed by atoms with van der Waals surface area (Å²) in [5.74, 6) is 0.258. The van der Waals surface area contributed by atoms with Crippen molar-refractivity contribution in [3.05, 3.63) is 4.88 Å². The Morgan fingerprint density at radius 2 is 2.24 bits per heavy atom. The molecule has 2 fully saturated rings. The van der Waals surface area contributed by atoms with Crippen molar-refractivity contribution in [3.8, 4) is 0 Å². The number of hydrogen-bond acceptors (Lipinski definition) is 7. The summed E-state index contributed by atoms with van der Waals surface area (Å²) < 4.78 is 10.7. The third-order valence-corrected chi connectivity index (χ3v) is 4.78. The molecule has 1 amide bonds. The molecule has 2 unspecified atom stereocenters. The molecule has 1 aromatic heterocycles. The van der Waals surface area contributed by atoms with Gasteiger partial charge < -0.3 is 25.4 Å². The molecule has 2 atom stereocenters. The molecule has 116 valence electrons. The quantitative estimate of drug-likeness (QED) is 0.781. The van der Waals surface area contributed by atoms with E-state index in [9.17, 15) is 4.79 Å². The number of nitrogens with one attached hydrogen (secondary N) is 1. The molecule has 2 bridgehead atoms. The monoisotopic (exact) mass is 312 g/mol. The van der Waals surface area contributed by atoms with Gasteiger partial charge in [-0.25, -0.2) is 4.98 Å². The number of fused-ring (bicyclic) bond motifs is 2. The standard InChI is InChI=1S/C13H20N4O3S/c1-19-5-4-15-13-16-11(14)10(21-13)12(18)17-6-8-2-3-9(7-17)20-8/h8-9H,2-7,14H2,1H3,(H,15,16). The first-order valence-corrected chi connectivity index (χ1v) is 7.93. The average molecular weight is 312 g/mol. The van der Waals surface area contributed by atoms with Gasteiger partial charge in [-0.1, -0.05) is 11.3 Å². The van der Waals surface area contributed by atoms with E-state index in [2.05, 4.69) is 10.3 Å². The maximum Gasteiger partial charge on any atom is 0.268 e. The zero-order chi connectivity index (χ0) is 14.8. The van der Waals surface area contributed by atoms with E-state index < -0.39 is 0 Å². The second-order valence-electron chi connectivity index (χ2n) is 5.32. The van der Waals surface area contributed by atoms with Crippen molar-refractivity contribution in [3.63, 3.8) is 0 Å². The lowest BCUT2D eigenvalue weighted by Crippen LogP contribution is -2.45. The van der Waals surface area contributed by atoms with Crippen LogP contribution in [-0.4, -0.2) is 61.3 Å². The fourth-order valence-corrected chi connectivity index (χ4v) is 3.62. The predicted molar refractivity (Wildman–Crippen MR) is 80.7 cm³/mol. The Morgan fingerprint density at radius 3 is 2.90 bits per heavy atom. The van der Waals surface area contributed by atoms with E-state index in [1.165, 1.54) is 11.3 Å². The zero-order valence-corrected chi connectivity index (χ0v) is 12.8. The maximum atomic E-state index is 12.6. The van der Waals surface area contributed by atoms with Gasteiger partial charge in [-0.05, 0) is 12.8 Å². The number of nitrogens with two attached hydrogens (primary N) is 1. The van der Waals surface area contributed by atoms with Crippen LogP contribution in [0.1, 0.15) is 22.5 Å². The molecule has 2 saturated heterocycles. The second-order valence-corrected chi connectivity index (χ2v) is 6.32. The maximum absolute atomic E-state index is 12.6. The Kier molecular flexibility index (Phi) is 4.27. The fourth-order valence-electron chi connectivity index (χ4n) is 2.75. The number of methoxy groups -OCH3 is 1. The Labute approximate surface area is 127 Å². The fraction of sp³-hybridized carbons (Fsp3) is 0.692. The molecular formula is C13H20N4O3S. The van der Waals surface area contributed by atoms with Gasteiger partial charge in [-0.3, -0.25) is 4.79 Å². The van der Waals surface area contributed by atoms with E-state index in [0.29, 0.717) is 42.1 Å². The highest BCUT2D eigenvalue weighted by Gasteiger charge is 2.37. The van der Waals surface area contributed by atoms with E-state index in [0.717, 1.165) is 12.8 Å². The van der Waals surface area contributed by atoms with Crippen molar-refractivity contribution < 1.29 is 14.3 Å². The lowest BCUT2D eigenvalue weighted by molar-refractivity contribution is -0.0301. The highest BCUT2D eigenvalue weighted by molar-refractivity contribution is 7.18. The number of nitrogens with zero attached hydrogens (tertiary/aromatic N) is 2. The molecule has 1 aromatic rings. The van der Waals surface area contributed by atoms with Gasteiger partial charge in [0, 0.05) is 26.7 Å². The SMILES string of the molecule is COCCNc1nc(N)c(C(=O)N2CC3CCC(C2)O3)s1. The first-order chi connectivity index (χ1) is 10.2. The number of ether oxygens (including phenoxy) is 2. The summed E-state index contributed by atoms with van der Waals surface area (Å²) in [6, 6.07) is 0. The Bertz CT molecular complexity index is 510. The number of likely N-dealkylation sites (tertiary alicyclic amines) is 1. The number of amides is 1. The average Bonchev–Trinajstić information content (AvgIpc) is 3.01. The van der Waals surface area contributed by atoms with E-state index in [-0.39, 0.29) is 18.1 Å². The number of carbonyl (C=O) groups excluding carboxylic acids is 1. The van der Waals surface area contributed by atoms with Gasteiger partial charge in [-0.15, -0.1) is 0 Å². The number of morpholine rings is 1. The smallest absolute Gasteiger partial charge is 0.268 e. The molecule has 3 rings (SSSR count). The van der Waals surface area contributed by atoms with Gasteiger partial charge in [0.25, 0.3) is 5.91 Å². The van der Waals surface area contributed by atoms with Crippen molar-refractivity contribution in [2.24, 2.45) is 0 Å². The minimum absolute atomic E-state index is 0.0370. The van der Waals surface area contributed by atoms with Crippen LogP contribution in [0.4, 0.5) is 10.9 Å². The number of hydrogen-bond donors (Lipinski definition) is 2. The van der Waals surface area contributed by atoms with Crippen molar-refractivity contribution in [1.82, 2.24) is 9.88 Å². The third-order valence-electron chi connectivity index (χ3n) is 3.76. The summed E-state index contributed by atoms with van der Waals surface area (Å²) in [7, 11) is 1.64. The summed E-state index contributed by atoms with van der Waals surface area (Å²) >= 11 is 1.30. The highest BCUT2D eigenvalue weighted by atomic mass is 32.1. The molecule has 0 aromatic carbocycles. The van der Waals surface area contributed by atoms with Gasteiger partial charge in [0.1, 0.15) is 10.7 Å². The van der Waals surface area contributed by atoms with E-state index in [4.69, 9.17) is 15.2 Å². The minimum atomic E-state index is -0.0370. The molecule has 0 radical (unpaired) electrons. The lowest BCUT2D eigenvalue weighted by atomic mass is 10.2. The summed E-state index contributed by atoms with van der Waals surface area (Å²) in [5, 5.41) is 3.76. The van der Waals surface area contributed by atoms with E-state index in [1.54, 1.807) is 7.11 Å². The molecule has 3 heterocycles. The Hall–Kier alpha value is -1.38. The number of aromatic nitrogens is 1. The first kappa shape index (κ1) is 14.6. The molecule has 0 aliphatic carbocycles. The van der Waals surface area contributed by atoms with Crippen LogP contribution in [0, 0.1) is 0 Å². The number of nitrogen functional groups attached to an aromatic ring is 1. The topological polar surface area (TPSA) is 89.7 Å². The van der Waals surface area contributed by atoms with Crippen LogP contribution >= 0.6 is 11.3 Å². The molecule has 3 N–H and O–H groups in total. The zero-order valence-electron chi connectivity index (χ0n) is 12.0. The second kappa shape index (κ2) is 6.17. The highest BCUT2D eigenvalue weighted by Crippen LogP contribution is 2.30. The number of rotatable bonds is 5. The molecule has 7 nitrogen and oxygen atoms in total. The van der Waals surface area contributed by atoms with Crippen LogP contribution in [0.15, 0.2) is 0 Å². The van der Waals surface area contributed by atoms with Crippen molar-refractivity contribution in [2.45, 2.75) is 25.0 Å². The van der Waals surface area contributed by atoms with Crippen molar-refractivity contribution in [1.29, 1.82) is 0 Å². The van der Waals surface area contributed by atoms with Gasteiger partial charge in [-0.2, -0.15) is 0 Å². The minimum Gasteiger partial charge on any atom is -0.383 e. The molecule has 0 saturated carbocycles. The largest absolute Gasteiger partial charge is 0.383 e. The summed E-state index contributed by atoms with van der Waals surface area (Å²) in [4.78, 5) is 19.1. The summed E-state index contributed by atoms with van der Waals surface area (Å²) in [6.07, 6.45) is 2.44. The summed E-state index contributed by atoms with van der Waals surface area (Å²) in [5.41, 5.74) is 5.89. The van der Waals surface area contributed by atoms with Crippen LogP contribution in [0.2, 0.25) is 0 Å². The van der Waals surface area contributed by atoms with E-state index >= 15 is 0 Å². The first-order valence-electron chi connectivity index (χ1n) is 7.11. The van der Waals surface area contributed by atoms with Gasteiger partial charge in [0.05, 0.1) is 18.8 Å². The number of anilines is 2. The molecular weight excluding hydrogens is 292 g/mol. The molecule has 8 heteroatoms. The van der Waals surface area contributed by atoms with Crippen LogP contribution in [-0.2, 0) is 9.47 Å². The summed E-state index contributed by atoms with van der Waals surface area (Å²) in [6.45, 7) is 2.52. The predicted octanol–water partition coefficient (Wildman–Crippen LogP) is 0.787. The van der Waals surface area contributed by atoms with Crippen LogP contribution in [0.3, 0.4) is 0 Å². The van der Waals surface area contributed by atoms with Crippen LogP contribution in [0.5, 0.6) is 0 Å². The third kappa shape index (κ3) is 3.12. The van der Waals surface area contributed by atoms with Crippen molar-refractivity contribution in [2.75, 3.05) is 44.4 Å². The normalized spacial score (nSPS) is 24.3.